The standard InChI is InChI=1S/C11H13ClFNO3/c1-17-6-7(5-15)14-11(16)10-8(12)3-2-4-9(10)13/h2-4,7,15H,5-6H2,1H3,(H,14,16). The van der Waals surface area contributed by atoms with Crippen molar-refractivity contribution in [3.8, 4) is 0 Å². The summed E-state index contributed by atoms with van der Waals surface area (Å²) in [6.45, 7) is -0.167. The number of aliphatic hydroxyl groups excluding tert-OH is 1. The van der Waals surface area contributed by atoms with E-state index in [9.17, 15) is 9.18 Å². The van der Waals surface area contributed by atoms with E-state index in [4.69, 9.17) is 21.4 Å². The number of aliphatic hydroxyl groups is 1. The van der Waals surface area contributed by atoms with Crippen molar-refractivity contribution in [1.82, 2.24) is 5.32 Å². The molecule has 0 spiro atoms. The van der Waals surface area contributed by atoms with E-state index in [0.29, 0.717) is 0 Å². The topological polar surface area (TPSA) is 58.6 Å². The monoisotopic (exact) mass is 261 g/mol. The Morgan fingerprint density at radius 3 is 2.88 bits per heavy atom. The van der Waals surface area contributed by atoms with Crippen LogP contribution in [0.3, 0.4) is 0 Å². The first-order valence-corrected chi connectivity index (χ1v) is 5.32. The molecule has 1 unspecified atom stereocenters. The Hall–Kier alpha value is -1.17. The molecular formula is C11H13ClFNO3. The maximum absolute atomic E-state index is 13.4. The van der Waals surface area contributed by atoms with Crippen molar-refractivity contribution in [1.29, 1.82) is 0 Å². The van der Waals surface area contributed by atoms with Crippen LogP contribution in [0, 0.1) is 5.82 Å². The smallest absolute Gasteiger partial charge is 0.256 e. The van der Waals surface area contributed by atoms with Crippen LogP contribution in [0.2, 0.25) is 5.02 Å². The summed E-state index contributed by atoms with van der Waals surface area (Å²) >= 11 is 5.73. The van der Waals surface area contributed by atoms with Crippen molar-refractivity contribution >= 4 is 17.5 Å². The first kappa shape index (κ1) is 13.9. The van der Waals surface area contributed by atoms with Crippen LogP contribution in [0.4, 0.5) is 4.39 Å². The molecule has 0 saturated heterocycles. The lowest BCUT2D eigenvalue weighted by Crippen LogP contribution is -2.41. The fourth-order valence-corrected chi connectivity index (χ4v) is 1.56. The lowest BCUT2D eigenvalue weighted by atomic mass is 10.2. The molecule has 4 nitrogen and oxygen atoms in total. The molecule has 0 aromatic heterocycles. The molecule has 1 atom stereocenters. The predicted molar refractivity (Wildman–Crippen MR) is 61.6 cm³/mol. The quantitative estimate of drug-likeness (QED) is 0.838. The summed E-state index contributed by atoms with van der Waals surface area (Å²) in [5.41, 5.74) is -0.233. The highest BCUT2D eigenvalue weighted by atomic mass is 35.5. The van der Waals surface area contributed by atoms with Crippen LogP contribution in [-0.2, 0) is 4.74 Å². The minimum Gasteiger partial charge on any atom is -0.394 e. The number of hydrogen-bond donors (Lipinski definition) is 2. The first-order chi connectivity index (χ1) is 8.10. The fourth-order valence-electron chi connectivity index (χ4n) is 1.31. The lowest BCUT2D eigenvalue weighted by Gasteiger charge is -2.15. The minimum absolute atomic E-state index is 0.0246. The van der Waals surface area contributed by atoms with E-state index in [1.54, 1.807) is 0 Å². The molecule has 0 bridgehead atoms. The Bertz CT molecular complexity index is 380. The van der Waals surface area contributed by atoms with E-state index in [1.807, 2.05) is 0 Å². The van der Waals surface area contributed by atoms with Crippen molar-refractivity contribution in [2.24, 2.45) is 0 Å². The van der Waals surface area contributed by atoms with Crippen molar-refractivity contribution < 1.29 is 19.0 Å². The highest BCUT2D eigenvalue weighted by Crippen LogP contribution is 2.18. The minimum atomic E-state index is -0.705. The highest BCUT2D eigenvalue weighted by Gasteiger charge is 2.18. The molecule has 1 amide bonds. The second-order valence-electron chi connectivity index (χ2n) is 3.40. The summed E-state index contributed by atoms with van der Waals surface area (Å²) in [7, 11) is 1.44. The summed E-state index contributed by atoms with van der Waals surface area (Å²) in [6, 6.07) is 3.38. The number of nitrogens with one attached hydrogen (secondary N) is 1. The molecule has 94 valence electrons. The van der Waals surface area contributed by atoms with Crippen LogP contribution < -0.4 is 5.32 Å². The zero-order chi connectivity index (χ0) is 12.8. The number of benzene rings is 1. The zero-order valence-electron chi connectivity index (χ0n) is 9.24. The maximum Gasteiger partial charge on any atom is 0.256 e. The van der Waals surface area contributed by atoms with Gasteiger partial charge in [0.05, 0.1) is 29.8 Å². The average molecular weight is 262 g/mol. The van der Waals surface area contributed by atoms with Crippen LogP contribution in [-0.4, -0.2) is 37.4 Å². The second kappa shape index (κ2) is 6.54. The summed E-state index contributed by atoms with van der Waals surface area (Å²) in [4.78, 5) is 11.7. The van der Waals surface area contributed by atoms with Crippen molar-refractivity contribution in [3.63, 3.8) is 0 Å². The van der Waals surface area contributed by atoms with Gasteiger partial charge >= 0.3 is 0 Å². The van der Waals surface area contributed by atoms with Crippen molar-refractivity contribution in [2.45, 2.75) is 6.04 Å². The lowest BCUT2D eigenvalue weighted by molar-refractivity contribution is 0.0836. The van der Waals surface area contributed by atoms with Gasteiger partial charge < -0.3 is 15.2 Å². The number of carbonyl (C=O) groups is 1. The molecule has 0 aliphatic heterocycles. The summed E-state index contributed by atoms with van der Waals surface area (Å²) in [6.07, 6.45) is 0. The van der Waals surface area contributed by atoms with Gasteiger partial charge in [-0.1, -0.05) is 17.7 Å². The van der Waals surface area contributed by atoms with Crippen LogP contribution in [0.1, 0.15) is 10.4 Å². The Labute approximate surface area is 103 Å². The number of halogens is 2. The Morgan fingerprint density at radius 1 is 1.65 bits per heavy atom. The van der Waals surface area contributed by atoms with Gasteiger partial charge in [-0.05, 0) is 12.1 Å². The number of hydrogen-bond acceptors (Lipinski definition) is 3. The molecule has 2 N–H and O–H groups in total. The van der Waals surface area contributed by atoms with Gasteiger partial charge in [-0.2, -0.15) is 0 Å². The van der Waals surface area contributed by atoms with Gasteiger partial charge in [0.15, 0.2) is 0 Å². The molecule has 0 radical (unpaired) electrons. The molecule has 0 heterocycles. The fraction of sp³-hybridized carbons (Fsp3) is 0.364. The number of ether oxygens (including phenoxy) is 1. The van der Waals surface area contributed by atoms with E-state index in [1.165, 1.54) is 19.2 Å². The summed E-state index contributed by atoms with van der Waals surface area (Å²) < 4.78 is 18.2. The third kappa shape index (κ3) is 3.66. The maximum atomic E-state index is 13.4. The Morgan fingerprint density at radius 2 is 2.35 bits per heavy atom. The predicted octanol–water partition coefficient (Wildman–Crippen LogP) is 1.22. The molecule has 0 aliphatic carbocycles. The third-order valence-electron chi connectivity index (χ3n) is 2.11. The van der Waals surface area contributed by atoms with Gasteiger partial charge in [-0.25, -0.2) is 4.39 Å². The van der Waals surface area contributed by atoms with Gasteiger partial charge in [0.2, 0.25) is 0 Å². The van der Waals surface area contributed by atoms with Crippen LogP contribution in [0.5, 0.6) is 0 Å². The molecule has 0 aliphatic rings. The highest BCUT2D eigenvalue weighted by molar-refractivity contribution is 6.33. The largest absolute Gasteiger partial charge is 0.394 e. The molecule has 1 aromatic rings. The number of amides is 1. The molecule has 1 aromatic carbocycles. The Balaban J connectivity index is 2.82. The van der Waals surface area contributed by atoms with Gasteiger partial charge in [0, 0.05) is 7.11 Å². The first-order valence-electron chi connectivity index (χ1n) is 4.94. The van der Waals surface area contributed by atoms with E-state index >= 15 is 0 Å². The van der Waals surface area contributed by atoms with Gasteiger partial charge in [-0.3, -0.25) is 4.79 Å². The second-order valence-corrected chi connectivity index (χ2v) is 3.81. The van der Waals surface area contributed by atoms with E-state index in [-0.39, 0.29) is 23.8 Å². The van der Waals surface area contributed by atoms with E-state index < -0.39 is 17.8 Å². The zero-order valence-corrected chi connectivity index (χ0v) is 10.00. The summed E-state index contributed by atoms with van der Waals surface area (Å²) in [5, 5.41) is 11.4. The van der Waals surface area contributed by atoms with Crippen molar-refractivity contribution in [3.05, 3.63) is 34.6 Å². The molecule has 17 heavy (non-hydrogen) atoms. The number of carbonyl (C=O) groups excluding carboxylic acids is 1. The SMILES string of the molecule is COCC(CO)NC(=O)c1c(F)cccc1Cl. The molecular weight excluding hydrogens is 249 g/mol. The molecule has 0 fully saturated rings. The Kier molecular flexibility index (Phi) is 5.34. The average Bonchev–Trinajstić information content (AvgIpc) is 2.28. The molecule has 6 heteroatoms. The van der Waals surface area contributed by atoms with Gasteiger partial charge in [0.1, 0.15) is 5.82 Å². The number of rotatable bonds is 5. The van der Waals surface area contributed by atoms with E-state index in [2.05, 4.69) is 5.32 Å². The molecule has 0 saturated carbocycles. The van der Waals surface area contributed by atoms with Gasteiger partial charge in [0.25, 0.3) is 5.91 Å². The van der Waals surface area contributed by atoms with Crippen molar-refractivity contribution in [2.75, 3.05) is 20.3 Å². The van der Waals surface area contributed by atoms with E-state index in [0.717, 1.165) is 6.07 Å². The van der Waals surface area contributed by atoms with Crippen LogP contribution in [0.15, 0.2) is 18.2 Å². The van der Waals surface area contributed by atoms with Gasteiger partial charge in [-0.15, -0.1) is 0 Å². The molecule has 1 rings (SSSR count). The van der Waals surface area contributed by atoms with Crippen LogP contribution in [0.25, 0.3) is 0 Å². The summed E-state index contributed by atoms with van der Waals surface area (Å²) in [5.74, 6) is -1.38. The third-order valence-corrected chi connectivity index (χ3v) is 2.43. The van der Waals surface area contributed by atoms with Crippen LogP contribution >= 0.6 is 11.6 Å². The number of methoxy groups -OCH3 is 1. The normalized spacial score (nSPS) is 12.2.